The second kappa shape index (κ2) is 10.6. The van der Waals surface area contributed by atoms with Gasteiger partial charge in [0.05, 0.1) is 20.8 Å². The molecule has 0 saturated carbocycles. The summed E-state index contributed by atoms with van der Waals surface area (Å²) >= 11 is 6.09. The molecule has 0 radical (unpaired) electrons. The highest BCUT2D eigenvalue weighted by Gasteiger charge is 2.38. The normalized spacial score (nSPS) is 15.2. The Morgan fingerprint density at radius 1 is 1.16 bits per heavy atom. The van der Waals surface area contributed by atoms with Gasteiger partial charge in [0, 0.05) is 17.1 Å². The van der Waals surface area contributed by atoms with Crippen LogP contribution in [0.15, 0.2) is 36.4 Å². The Labute approximate surface area is 193 Å². The van der Waals surface area contributed by atoms with Crippen molar-refractivity contribution >= 4 is 23.7 Å². The van der Waals surface area contributed by atoms with E-state index in [1.54, 1.807) is 37.4 Å². The zero-order valence-electron chi connectivity index (χ0n) is 18.7. The van der Waals surface area contributed by atoms with Crippen molar-refractivity contribution in [3.05, 3.63) is 58.1 Å². The van der Waals surface area contributed by atoms with Gasteiger partial charge in [-0.05, 0) is 53.8 Å². The van der Waals surface area contributed by atoms with Gasteiger partial charge >= 0.3 is 12.1 Å². The lowest BCUT2D eigenvalue weighted by molar-refractivity contribution is -0.147. The summed E-state index contributed by atoms with van der Waals surface area (Å²) in [6.07, 6.45) is 0.0465. The Kier molecular flexibility index (Phi) is 7.85. The zero-order chi connectivity index (χ0) is 23.3. The maximum atomic E-state index is 12.6. The Morgan fingerprint density at radius 2 is 1.94 bits per heavy atom. The van der Waals surface area contributed by atoms with Gasteiger partial charge in [0.2, 0.25) is 0 Å². The predicted octanol–water partition coefficient (Wildman–Crippen LogP) is 4.79. The Morgan fingerprint density at radius 3 is 2.62 bits per heavy atom. The molecule has 0 spiro atoms. The number of hydrogen-bond donors (Lipinski definition) is 0. The van der Waals surface area contributed by atoms with Crippen molar-refractivity contribution in [2.45, 2.75) is 32.9 Å². The number of methoxy groups -OCH3 is 2. The number of esters is 1. The van der Waals surface area contributed by atoms with Crippen molar-refractivity contribution in [1.29, 1.82) is 0 Å². The lowest BCUT2D eigenvalue weighted by Gasteiger charge is -2.35. The van der Waals surface area contributed by atoms with Crippen molar-refractivity contribution in [2.24, 2.45) is 5.92 Å². The van der Waals surface area contributed by atoms with Crippen LogP contribution in [0.1, 0.15) is 36.6 Å². The number of amides is 1. The molecule has 0 fully saturated rings. The van der Waals surface area contributed by atoms with Crippen LogP contribution in [0.5, 0.6) is 11.5 Å². The first kappa shape index (κ1) is 23.7. The Hall–Kier alpha value is -2.93. The molecule has 0 N–H and O–H groups in total. The van der Waals surface area contributed by atoms with Crippen LogP contribution in [0.2, 0.25) is 5.02 Å². The number of ether oxygens (including phenoxy) is 4. The average molecular weight is 462 g/mol. The first-order chi connectivity index (χ1) is 15.3. The number of benzene rings is 2. The zero-order valence-corrected chi connectivity index (χ0v) is 19.5. The number of rotatable bonds is 7. The first-order valence-electron chi connectivity index (χ1n) is 10.4. The number of carbonyl (C=O) groups excluding carboxylic acids is 2. The largest absolute Gasteiger partial charge is 0.496 e. The van der Waals surface area contributed by atoms with Crippen LogP contribution >= 0.6 is 11.6 Å². The van der Waals surface area contributed by atoms with Crippen molar-refractivity contribution in [2.75, 3.05) is 27.4 Å². The molecule has 1 aliphatic heterocycles. The Bertz CT molecular complexity index is 977. The molecule has 0 aliphatic carbocycles. The molecule has 1 atom stereocenters. The van der Waals surface area contributed by atoms with E-state index < -0.39 is 18.1 Å². The van der Waals surface area contributed by atoms with E-state index in [-0.39, 0.29) is 19.1 Å². The smallest absolute Gasteiger partial charge is 0.410 e. The summed E-state index contributed by atoms with van der Waals surface area (Å²) in [5.74, 6) is 1.02. The van der Waals surface area contributed by atoms with Crippen LogP contribution in [0.3, 0.4) is 0 Å². The van der Waals surface area contributed by atoms with Crippen LogP contribution in [0.4, 0.5) is 4.79 Å². The summed E-state index contributed by atoms with van der Waals surface area (Å²) in [7, 11) is 2.90. The molecule has 0 bridgehead atoms. The van der Waals surface area contributed by atoms with E-state index in [2.05, 4.69) is 0 Å². The lowest BCUT2D eigenvalue weighted by atomic mass is 9.92. The number of carbonyl (C=O) groups is 2. The van der Waals surface area contributed by atoms with Gasteiger partial charge in [0.1, 0.15) is 18.1 Å². The van der Waals surface area contributed by atoms with Gasteiger partial charge in [-0.2, -0.15) is 0 Å². The van der Waals surface area contributed by atoms with Gasteiger partial charge in [0.15, 0.2) is 6.04 Å². The molecular weight excluding hydrogens is 434 g/mol. The summed E-state index contributed by atoms with van der Waals surface area (Å²) < 4.78 is 21.7. The maximum absolute atomic E-state index is 12.6. The fourth-order valence-electron chi connectivity index (χ4n) is 3.60. The van der Waals surface area contributed by atoms with Gasteiger partial charge in [-0.25, -0.2) is 9.59 Å². The van der Waals surface area contributed by atoms with Crippen molar-refractivity contribution in [1.82, 2.24) is 4.90 Å². The highest BCUT2D eigenvalue weighted by molar-refractivity contribution is 6.30. The average Bonchev–Trinajstić information content (AvgIpc) is 2.79. The van der Waals surface area contributed by atoms with Crippen molar-refractivity contribution in [3.8, 4) is 11.5 Å². The van der Waals surface area contributed by atoms with Crippen LogP contribution < -0.4 is 9.47 Å². The highest BCUT2D eigenvalue weighted by atomic mass is 35.5. The molecule has 8 heteroatoms. The SMILES string of the molecule is COC(=O)C1c2ccc(OCc3cc(Cl)ccc3OC)cc2CCN1C(=O)OCC(C)C. The molecule has 1 aliphatic rings. The van der Waals surface area contributed by atoms with E-state index in [1.165, 1.54) is 12.0 Å². The van der Waals surface area contributed by atoms with E-state index >= 15 is 0 Å². The highest BCUT2D eigenvalue weighted by Crippen LogP contribution is 2.34. The second-order valence-electron chi connectivity index (χ2n) is 7.95. The van der Waals surface area contributed by atoms with Crippen molar-refractivity contribution < 1.29 is 28.5 Å². The molecule has 1 unspecified atom stereocenters. The topological polar surface area (TPSA) is 74.3 Å². The minimum Gasteiger partial charge on any atom is -0.496 e. The summed E-state index contributed by atoms with van der Waals surface area (Å²) in [4.78, 5) is 26.6. The third kappa shape index (κ3) is 5.46. The molecule has 1 heterocycles. The monoisotopic (exact) mass is 461 g/mol. The number of fused-ring (bicyclic) bond motifs is 1. The van der Waals surface area contributed by atoms with Gasteiger partial charge in [-0.3, -0.25) is 4.90 Å². The van der Waals surface area contributed by atoms with E-state index in [1.807, 2.05) is 19.9 Å². The quantitative estimate of drug-likeness (QED) is 0.552. The number of nitrogens with zero attached hydrogens (tertiary/aromatic N) is 1. The third-order valence-electron chi connectivity index (χ3n) is 5.18. The number of hydrogen-bond acceptors (Lipinski definition) is 6. The maximum Gasteiger partial charge on any atom is 0.410 e. The van der Waals surface area contributed by atoms with Crippen LogP contribution in [-0.2, 0) is 27.3 Å². The summed E-state index contributed by atoms with van der Waals surface area (Å²) in [6, 6.07) is 9.95. The minimum absolute atomic E-state index is 0.199. The number of halogens is 1. The second-order valence-corrected chi connectivity index (χ2v) is 8.38. The van der Waals surface area contributed by atoms with E-state index in [0.29, 0.717) is 35.1 Å². The fraction of sp³-hybridized carbons (Fsp3) is 0.417. The Balaban J connectivity index is 1.80. The molecule has 1 amide bonds. The van der Waals surface area contributed by atoms with Crippen LogP contribution in [0, 0.1) is 5.92 Å². The standard InChI is InChI=1S/C24H28ClNO6/c1-15(2)13-32-24(28)26-10-9-16-12-19(6-7-20(16)22(26)23(27)30-4)31-14-17-11-18(25)5-8-21(17)29-3/h5-8,11-12,15,22H,9-10,13-14H2,1-4H3. The van der Waals surface area contributed by atoms with Crippen molar-refractivity contribution in [3.63, 3.8) is 0 Å². The minimum atomic E-state index is -0.856. The molecule has 0 aromatic heterocycles. The molecule has 32 heavy (non-hydrogen) atoms. The molecule has 2 aromatic carbocycles. The van der Waals surface area contributed by atoms with E-state index in [9.17, 15) is 9.59 Å². The molecule has 2 aromatic rings. The third-order valence-corrected chi connectivity index (χ3v) is 5.41. The van der Waals surface area contributed by atoms with Gasteiger partial charge in [-0.1, -0.05) is 31.5 Å². The van der Waals surface area contributed by atoms with E-state index in [0.717, 1.165) is 11.1 Å². The predicted molar refractivity (Wildman–Crippen MR) is 120 cm³/mol. The van der Waals surface area contributed by atoms with Crippen LogP contribution in [0.25, 0.3) is 0 Å². The summed E-state index contributed by atoms with van der Waals surface area (Å²) in [5, 5.41) is 0.597. The first-order valence-corrected chi connectivity index (χ1v) is 10.8. The van der Waals surface area contributed by atoms with Gasteiger partial charge < -0.3 is 18.9 Å². The van der Waals surface area contributed by atoms with Gasteiger partial charge in [0.25, 0.3) is 0 Å². The molecule has 7 nitrogen and oxygen atoms in total. The summed E-state index contributed by atoms with van der Waals surface area (Å²) in [6.45, 7) is 4.82. The molecule has 0 saturated heterocycles. The van der Waals surface area contributed by atoms with Gasteiger partial charge in [-0.15, -0.1) is 0 Å². The lowest BCUT2D eigenvalue weighted by Crippen LogP contribution is -2.44. The molecule has 172 valence electrons. The fourth-order valence-corrected chi connectivity index (χ4v) is 3.79. The summed E-state index contributed by atoms with van der Waals surface area (Å²) in [5.41, 5.74) is 2.45. The van der Waals surface area contributed by atoms with Crippen LogP contribution in [-0.4, -0.2) is 44.3 Å². The molecule has 3 rings (SSSR count). The molecular formula is C24H28ClNO6. The van der Waals surface area contributed by atoms with E-state index in [4.69, 9.17) is 30.5 Å².